The number of nitrogens with one attached hydrogen (secondary N) is 2. The molecule has 2 aromatic rings. The third kappa shape index (κ3) is 2.79. The third-order valence-electron chi connectivity index (χ3n) is 3.03. The molecule has 0 saturated carbocycles. The lowest BCUT2D eigenvalue weighted by Crippen LogP contribution is -2.38. The molecular weight excluding hydrogens is 294 g/mol. The van der Waals surface area contributed by atoms with Gasteiger partial charge in [-0.15, -0.1) is 0 Å². The van der Waals surface area contributed by atoms with E-state index >= 15 is 0 Å². The Bertz CT molecular complexity index is 712. The van der Waals surface area contributed by atoms with Gasteiger partial charge in [0.2, 0.25) is 17.5 Å². The average Bonchev–Trinajstić information content (AvgIpc) is 2.93. The molecule has 0 aliphatic carbocycles. The molecule has 7 nitrogen and oxygen atoms in total. The van der Waals surface area contributed by atoms with Crippen molar-refractivity contribution >= 4 is 22.6 Å². The van der Waals surface area contributed by atoms with E-state index in [1.807, 2.05) is 24.3 Å². The molecule has 1 aromatic carbocycles. The Hall–Kier alpha value is -2.25. The van der Waals surface area contributed by atoms with Crippen LogP contribution >= 0.6 is 11.6 Å². The summed E-state index contributed by atoms with van der Waals surface area (Å²) in [4.78, 5) is 15.8. The molecule has 0 radical (unpaired) electrons. The first-order valence-corrected chi connectivity index (χ1v) is 6.68. The van der Waals surface area contributed by atoms with Gasteiger partial charge < -0.3 is 4.52 Å². The number of hydrogen-bond acceptors (Lipinski definition) is 7. The van der Waals surface area contributed by atoms with Gasteiger partial charge in [0.15, 0.2) is 5.17 Å². The van der Waals surface area contributed by atoms with E-state index in [4.69, 9.17) is 16.1 Å². The third-order valence-corrected chi connectivity index (χ3v) is 3.32. The summed E-state index contributed by atoms with van der Waals surface area (Å²) in [6.45, 7) is 1.69. The normalized spacial score (nSPS) is 16.9. The Morgan fingerprint density at radius 3 is 3.05 bits per heavy atom. The van der Waals surface area contributed by atoms with Crippen molar-refractivity contribution in [3.63, 3.8) is 0 Å². The lowest BCUT2D eigenvalue weighted by Gasteiger charge is -2.24. The van der Waals surface area contributed by atoms with Crippen LogP contribution < -0.4 is 10.7 Å². The highest BCUT2D eigenvalue weighted by Crippen LogP contribution is 2.22. The van der Waals surface area contributed by atoms with E-state index in [-0.39, 0.29) is 24.3 Å². The Morgan fingerprint density at radius 1 is 1.48 bits per heavy atom. The summed E-state index contributed by atoms with van der Waals surface area (Å²) in [6.07, 6.45) is -0.305. The maximum absolute atomic E-state index is 11.9. The fourth-order valence-corrected chi connectivity index (χ4v) is 2.25. The van der Waals surface area contributed by atoms with Crippen LogP contribution in [0.1, 0.15) is 33.8 Å². The minimum Gasteiger partial charge on any atom is -0.339 e. The second-order valence-electron chi connectivity index (χ2n) is 4.49. The second kappa shape index (κ2) is 5.63. The van der Waals surface area contributed by atoms with E-state index in [1.54, 1.807) is 6.92 Å². The first-order chi connectivity index (χ1) is 10.1. The Morgan fingerprint density at radius 2 is 2.29 bits per heavy atom. The van der Waals surface area contributed by atoms with Gasteiger partial charge in [0.05, 0.1) is 6.54 Å². The number of nitrogens with zero attached hydrogens (tertiary/aromatic N) is 3. The van der Waals surface area contributed by atoms with E-state index in [2.05, 4.69) is 26.0 Å². The number of hydrazone groups is 1. The zero-order valence-electron chi connectivity index (χ0n) is 11.1. The molecule has 0 saturated heterocycles. The molecule has 108 valence electrons. The van der Waals surface area contributed by atoms with E-state index < -0.39 is 0 Å². The fourth-order valence-electron chi connectivity index (χ4n) is 2.03. The van der Waals surface area contributed by atoms with Crippen LogP contribution in [0.15, 0.2) is 33.9 Å². The summed E-state index contributed by atoms with van der Waals surface area (Å²) in [7, 11) is 0. The summed E-state index contributed by atoms with van der Waals surface area (Å²) < 4.78 is 4.78. The number of benzene rings is 1. The molecule has 2 heterocycles. The first kappa shape index (κ1) is 13.7. The largest absolute Gasteiger partial charge is 0.339 e. The predicted molar refractivity (Wildman–Crippen MR) is 76.1 cm³/mol. The van der Waals surface area contributed by atoms with Gasteiger partial charge in [-0.25, -0.2) is 0 Å². The number of Topliss-reactive ketones (excluding diaryl/α,β-unsaturated/α-hetero) is 1. The minimum atomic E-state index is -0.305. The molecule has 21 heavy (non-hydrogen) atoms. The molecule has 0 fully saturated rings. The summed E-state index contributed by atoms with van der Waals surface area (Å²) in [5.74, 6) is 0.160. The SMILES string of the molecule is Cc1nc(C(=O)CNC2NN=C(Cl)c3ccccc32)no1. The number of aromatic nitrogens is 2. The molecule has 1 unspecified atom stereocenters. The Labute approximate surface area is 125 Å². The van der Waals surface area contributed by atoms with Gasteiger partial charge in [0.25, 0.3) is 0 Å². The number of carbonyl (C=O) groups excluding carboxylic acids is 1. The number of fused-ring (bicyclic) bond motifs is 1. The quantitative estimate of drug-likeness (QED) is 0.828. The van der Waals surface area contributed by atoms with Crippen LogP contribution in [-0.2, 0) is 0 Å². The van der Waals surface area contributed by atoms with Gasteiger partial charge in [0, 0.05) is 18.1 Å². The van der Waals surface area contributed by atoms with Crippen LogP contribution in [0.4, 0.5) is 0 Å². The van der Waals surface area contributed by atoms with Crippen LogP contribution in [0.2, 0.25) is 0 Å². The lowest BCUT2D eigenvalue weighted by molar-refractivity contribution is 0.0972. The highest BCUT2D eigenvalue weighted by atomic mass is 35.5. The molecule has 3 rings (SSSR count). The topological polar surface area (TPSA) is 92.4 Å². The van der Waals surface area contributed by atoms with E-state index in [0.717, 1.165) is 11.1 Å². The molecular formula is C13H12ClN5O2. The van der Waals surface area contributed by atoms with Crippen LogP contribution in [0, 0.1) is 6.92 Å². The van der Waals surface area contributed by atoms with Crippen LogP contribution in [0.5, 0.6) is 0 Å². The molecule has 1 aliphatic rings. The highest BCUT2D eigenvalue weighted by Gasteiger charge is 2.22. The lowest BCUT2D eigenvalue weighted by atomic mass is 10.0. The molecule has 1 aliphatic heterocycles. The number of rotatable bonds is 4. The van der Waals surface area contributed by atoms with Gasteiger partial charge in [-0.2, -0.15) is 10.1 Å². The number of ketones is 1. The summed E-state index contributed by atoms with van der Waals surface area (Å²) >= 11 is 6.03. The zero-order chi connectivity index (χ0) is 14.8. The second-order valence-corrected chi connectivity index (χ2v) is 4.85. The Kier molecular flexibility index (Phi) is 3.68. The van der Waals surface area contributed by atoms with Crippen LogP contribution in [0.3, 0.4) is 0 Å². The molecule has 2 N–H and O–H groups in total. The fraction of sp³-hybridized carbons (Fsp3) is 0.231. The zero-order valence-corrected chi connectivity index (χ0v) is 11.9. The number of halogens is 1. The van der Waals surface area contributed by atoms with Crippen LogP contribution in [-0.4, -0.2) is 27.6 Å². The summed E-state index contributed by atoms with van der Waals surface area (Å²) in [5, 5.41) is 11.1. The van der Waals surface area contributed by atoms with Crippen molar-refractivity contribution in [1.82, 2.24) is 20.9 Å². The molecule has 1 aromatic heterocycles. The monoisotopic (exact) mass is 305 g/mol. The van der Waals surface area contributed by atoms with Crippen molar-refractivity contribution in [2.45, 2.75) is 13.1 Å². The minimum absolute atomic E-state index is 0.0537. The predicted octanol–water partition coefficient (Wildman–Crippen LogP) is 1.35. The van der Waals surface area contributed by atoms with Crippen molar-refractivity contribution in [3.8, 4) is 0 Å². The van der Waals surface area contributed by atoms with Gasteiger partial charge in [-0.1, -0.05) is 41.0 Å². The molecule has 0 bridgehead atoms. The summed E-state index contributed by atoms with van der Waals surface area (Å²) in [5.41, 5.74) is 4.62. The van der Waals surface area contributed by atoms with Gasteiger partial charge in [-0.3, -0.25) is 15.5 Å². The highest BCUT2D eigenvalue weighted by molar-refractivity contribution is 6.69. The van der Waals surface area contributed by atoms with Gasteiger partial charge in [-0.05, 0) is 0 Å². The van der Waals surface area contributed by atoms with Crippen LogP contribution in [0.25, 0.3) is 0 Å². The smallest absolute Gasteiger partial charge is 0.239 e. The van der Waals surface area contributed by atoms with E-state index in [9.17, 15) is 4.79 Å². The number of hydrogen-bond donors (Lipinski definition) is 2. The molecule has 0 amide bonds. The maximum atomic E-state index is 11.9. The average molecular weight is 306 g/mol. The van der Waals surface area contributed by atoms with Crippen molar-refractivity contribution < 1.29 is 9.32 Å². The van der Waals surface area contributed by atoms with Crippen molar-refractivity contribution in [2.75, 3.05) is 6.54 Å². The first-order valence-electron chi connectivity index (χ1n) is 6.30. The van der Waals surface area contributed by atoms with Gasteiger partial charge >= 0.3 is 0 Å². The number of carbonyl (C=O) groups is 1. The summed E-state index contributed by atoms with van der Waals surface area (Å²) in [6, 6.07) is 7.57. The molecule has 1 atom stereocenters. The maximum Gasteiger partial charge on any atom is 0.239 e. The Balaban J connectivity index is 1.71. The molecule has 0 spiro atoms. The molecule has 8 heteroatoms. The van der Waals surface area contributed by atoms with Crippen molar-refractivity contribution in [2.24, 2.45) is 5.10 Å². The van der Waals surface area contributed by atoms with Crippen molar-refractivity contribution in [1.29, 1.82) is 0 Å². The standard InChI is InChI=1S/C13H12ClN5O2/c1-7-16-13(19-21-7)10(20)6-15-12-9-5-3-2-4-8(9)11(14)17-18-12/h2-5,12,15,18H,6H2,1H3. The van der Waals surface area contributed by atoms with Gasteiger partial charge in [0.1, 0.15) is 6.17 Å². The van der Waals surface area contributed by atoms with E-state index in [0.29, 0.717) is 11.1 Å². The van der Waals surface area contributed by atoms with Crippen molar-refractivity contribution in [3.05, 3.63) is 47.1 Å². The van der Waals surface area contributed by atoms with E-state index in [1.165, 1.54) is 0 Å². The number of aryl methyl sites for hydroxylation is 1.